The molecule has 0 radical (unpaired) electrons. The first-order valence-electron chi connectivity index (χ1n) is 7.00. The molecule has 0 aliphatic carbocycles. The Hall–Kier alpha value is -0.380. The first-order valence-corrected chi connectivity index (χ1v) is 7.79. The second kappa shape index (κ2) is 5.32. The summed E-state index contributed by atoms with van der Waals surface area (Å²) in [5.41, 5.74) is 1.37. The number of nitrogens with one attached hydrogen (secondary N) is 1. The molecule has 2 nitrogen and oxygen atoms in total. The minimum absolute atomic E-state index is 0.422. The molecule has 0 amide bonds. The molecule has 98 valence electrons. The van der Waals surface area contributed by atoms with E-state index in [2.05, 4.69) is 57.3 Å². The summed E-state index contributed by atoms with van der Waals surface area (Å²) in [7, 11) is 0. The highest BCUT2D eigenvalue weighted by molar-refractivity contribution is 9.10. The fourth-order valence-electron chi connectivity index (χ4n) is 3.51. The zero-order valence-electron chi connectivity index (χ0n) is 10.9. The Labute approximate surface area is 118 Å². The Bertz CT molecular complexity index is 421. The molecule has 0 bridgehead atoms. The van der Waals surface area contributed by atoms with E-state index in [9.17, 15) is 0 Å². The third-order valence-electron chi connectivity index (χ3n) is 4.44. The summed E-state index contributed by atoms with van der Waals surface area (Å²) in [5, 5.41) is 3.84. The van der Waals surface area contributed by atoms with Gasteiger partial charge in [-0.2, -0.15) is 0 Å². The lowest BCUT2D eigenvalue weighted by atomic mass is 10.0. The second-order valence-corrected chi connectivity index (χ2v) is 6.40. The number of hydrogen-bond donors (Lipinski definition) is 1. The van der Waals surface area contributed by atoms with Crippen molar-refractivity contribution in [2.24, 2.45) is 0 Å². The quantitative estimate of drug-likeness (QED) is 0.921. The molecular formula is C15H21BrN2. The Morgan fingerprint density at radius 3 is 2.94 bits per heavy atom. The predicted molar refractivity (Wildman–Crippen MR) is 78.7 cm³/mol. The number of hydrogen-bond acceptors (Lipinski definition) is 2. The lowest BCUT2D eigenvalue weighted by molar-refractivity contribution is 0.291. The van der Waals surface area contributed by atoms with Crippen LogP contribution >= 0.6 is 15.9 Å². The average Bonchev–Trinajstić information content (AvgIpc) is 2.94. The molecule has 2 fully saturated rings. The standard InChI is InChI=1S/C15H21BrN2/c1-11(12-5-2-3-6-13(12)16)17-14-8-10-18-9-4-7-15(14)18/h2-3,5-6,11,14-15,17H,4,7-10H2,1H3. The van der Waals surface area contributed by atoms with Crippen molar-refractivity contribution >= 4 is 15.9 Å². The normalized spacial score (nSPS) is 29.4. The maximum Gasteiger partial charge on any atom is 0.0306 e. The second-order valence-electron chi connectivity index (χ2n) is 5.55. The van der Waals surface area contributed by atoms with E-state index in [1.54, 1.807) is 0 Å². The van der Waals surface area contributed by atoms with Crippen LogP contribution in [0.5, 0.6) is 0 Å². The molecule has 3 rings (SSSR count). The third kappa shape index (κ3) is 2.36. The molecule has 2 aliphatic rings. The van der Waals surface area contributed by atoms with Gasteiger partial charge < -0.3 is 5.32 Å². The van der Waals surface area contributed by atoms with E-state index in [1.807, 2.05) is 0 Å². The van der Waals surface area contributed by atoms with E-state index in [0.29, 0.717) is 12.1 Å². The SMILES string of the molecule is CC(NC1CCN2CCCC12)c1ccccc1Br. The van der Waals surface area contributed by atoms with Gasteiger partial charge in [0.1, 0.15) is 0 Å². The van der Waals surface area contributed by atoms with Gasteiger partial charge in [0.05, 0.1) is 0 Å². The lowest BCUT2D eigenvalue weighted by Gasteiger charge is -2.25. The Balaban J connectivity index is 1.68. The molecule has 3 heteroatoms. The van der Waals surface area contributed by atoms with Crippen molar-refractivity contribution in [3.63, 3.8) is 0 Å². The van der Waals surface area contributed by atoms with Gasteiger partial charge in [0.15, 0.2) is 0 Å². The van der Waals surface area contributed by atoms with Gasteiger partial charge in [-0.15, -0.1) is 0 Å². The number of fused-ring (bicyclic) bond motifs is 1. The smallest absolute Gasteiger partial charge is 0.0306 e. The molecule has 18 heavy (non-hydrogen) atoms. The first kappa shape index (κ1) is 12.6. The minimum atomic E-state index is 0.422. The Kier molecular flexibility index (Phi) is 3.73. The van der Waals surface area contributed by atoms with Crippen LogP contribution in [0, 0.1) is 0 Å². The molecule has 0 saturated carbocycles. The number of benzene rings is 1. The molecule has 2 heterocycles. The molecule has 3 unspecified atom stereocenters. The molecule has 2 aliphatic heterocycles. The Morgan fingerprint density at radius 2 is 2.11 bits per heavy atom. The molecule has 1 aromatic rings. The highest BCUT2D eigenvalue weighted by atomic mass is 79.9. The monoisotopic (exact) mass is 308 g/mol. The van der Waals surface area contributed by atoms with Crippen molar-refractivity contribution in [1.29, 1.82) is 0 Å². The summed E-state index contributed by atoms with van der Waals surface area (Å²) in [4.78, 5) is 2.66. The van der Waals surface area contributed by atoms with E-state index in [0.717, 1.165) is 6.04 Å². The van der Waals surface area contributed by atoms with Crippen LogP contribution in [0.15, 0.2) is 28.7 Å². The Morgan fingerprint density at radius 1 is 1.28 bits per heavy atom. The summed E-state index contributed by atoms with van der Waals surface area (Å²) < 4.78 is 1.21. The van der Waals surface area contributed by atoms with Crippen LogP contribution in [0.2, 0.25) is 0 Å². The maximum absolute atomic E-state index is 3.84. The van der Waals surface area contributed by atoms with Crippen LogP contribution < -0.4 is 5.32 Å². The largest absolute Gasteiger partial charge is 0.306 e. The van der Waals surface area contributed by atoms with Crippen LogP contribution in [0.4, 0.5) is 0 Å². The third-order valence-corrected chi connectivity index (χ3v) is 5.16. The van der Waals surface area contributed by atoms with Gasteiger partial charge in [0.2, 0.25) is 0 Å². The van der Waals surface area contributed by atoms with Gasteiger partial charge in [-0.1, -0.05) is 34.1 Å². The zero-order chi connectivity index (χ0) is 12.5. The zero-order valence-corrected chi connectivity index (χ0v) is 12.5. The van der Waals surface area contributed by atoms with Crippen molar-refractivity contribution < 1.29 is 0 Å². The molecule has 0 spiro atoms. The van der Waals surface area contributed by atoms with Gasteiger partial charge >= 0.3 is 0 Å². The highest BCUT2D eigenvalue weighted by Gasteiger charge is 2.37. The molecule has 2 saturated heterocycles. The van der Waals surface area contributed by atoms with Crippen LogP contribution in [-0.2, 0) is 0 Å². The van der Waals surface area contributed by atoms with Crippen LogP contribution in [0.3, 0.4) is 0 Å². The first-order chi connectivity index (χ1) is 8.75. The van der Waals surface area contributed by atoms with Gasteiger partial charge in [-0.05, 0) is 44.4 Å². The molecule has 0 aromatic heterocycles. The van der Waals surface area contributed by atoms with E-state index < -0.39 is 0 Å². The van der Waals surface area contributed by atoms with Crippen LogP contribution in [0.25, 0.3) is 0 Å². The summed E-state index contributed by atoms with van der Waals surface area (Å²) in [6, 6.07) is 10.4. The maximum atomic E-state index is 3.84. The summed E-state index contributed by atoms with van der Waals surface area (Å²) in [5.74, 6) is 0. The van der Waals surface area contributed by atoms with Gasteiger partial charge in [0, 0.05) is 29.1 Å². The summed E-state index contributed by atoms with van der Waals surface area (Å²) in [6.07, 6.45) is 4.06. The number of nitrogens with zero attached hydrogens (tertiary/aromatic N) is 1. The fraction of sp³-hybridized carbons (Fsp3) is 0.600. The molecule has 1 aromatic carbocycles. The van der Waals surface area contributed by atoms with Crippen molar-refractivity contribution in [3.8, 4) is 0 Å². The topological polar surface area (TPSA) is 15.3 Å². The van der Waals surface area contributed by atoms with E-state index in [-0.39, 0.29) is 0 Å². The number of rotatable bonds is 3. The van der Waals surface area contributed by atoms with Crippen molar-refractivity contribution in [3.05, 3.63) is 34.3 Å². The summed E-state index contributed by atoms with van der Waals surface area (Å²) in [6.45, 7) is 4.87. The lowest BCUT2D eigenvalue weighted by Crippen LogP contribution is -2.40. The molecule has 1 N–H and O–H groups in total. The van der Waals surface area contributed by atoms with Gasteiger partial charge in [0.25, 0.3) is 0 Å². The minimum Gasteiger partial charge on any atom is -0.306 e. The van der Waals surface area contributed by atoms with Crippen molar-refractivity contribution in [2.75, 3.05) is 13.1 Å². The predicted octanol–water partition coefficient (Wildman–Crippen LogP) is 3.34. The van der Waals surface area contributed by atoms with Crippen molar-refractivity contribution in [1.82, 2.24) is 10.2 Å². The highest BCUT2D eigenvalue weighted by Crippen LogP contribution is 2.30. The van der Waals surface area contributed by atoms with Gasteiger partial charge in [-0.25, -0.2) is 0 Å². The van der Waals surface area contributed by atoms with Crippen LogP contribution in [0.1, 0.15) is 37.8 Å². The van der Waals surface area contributed by atoms with Gasteiger partial charge in [-0.3, -0.25) is 4.90 Å². The van der Waals surface area contributed by atoms with E-state index in [1.165, 1.54) is 42.4 Å². The summed E-state index contributed by atoms with van der Waals surface area (Å²) >= 11 is 3.65. The molecule has 3 atom stereocenters. The molecular weight excluding hydrogens is 288 g/mol. The van der Waals surface area contributed by atoms with Crippen molar-refractivity contribution in [2.45, 2.75) is 44.3 Å². The number of halogens is 1. The van der Waals surface area contributed by atoms with Crippen LogP contribution in [-0.4, -0.2) is 30.1 Å². The van der Waals surface area contributed by atoms with E-state index in [4.69, 9.17) is 0 Å². The average molecular weight is 309 g/mol. The fourth-order valence-corrected chi connectivity index (χ4v) is 4.14. The van der Waals surface area contributed by atoms with E-state index >= 15 is 0 Å².